The van der Waals surface area contributed by atoms with E-state index in [4.69, 9.17) is 5.73 Å². The number of carbonyl (C=O) groups excluding carboxylic acids is 1. The second-order valence-corrected chi connectivity index (χ2v) is 2.09. The van der Waals surface area contributed by atoms with Crippen LogP contribution in [0.25, 0.3) is 0 Å². The maximum Gasteiger partial charge on any atom is 0.222 e. The molecule has 0 aliphatic carbocycles. The van der Waals surface area contributed by atoms with Crippen LogP contribution in [0.3, 0.4) is 0 Å². The van der Waals surface area contributed by atoms with Crippen molar-refractivity contribution in [2.75, 3.05) is 13.6 Å². The van der Waals surface area contributed by atoms with Crippen molar-refractivity contribution in [3.63, 3.8) is 0 Å². The zero-order valence-electron chi connectivity index (χ0n) is 5.98. The first-order chi connectivity index (χ1) is 4.22. The maximum absolute atomic E-state index is 10.7. The smallest absolute Gasteiger partial charge is 0.222 e. The summed E-state index contributed by atoms with van der Waals surface area (Å²) in [5, 5.41) is 2.56. The molecule has 0 saturated heterocycles. The van der Waals surface area contributed by atoms with Crippen LogP contribution in [0.2, 0.25) is 0 Å². The van der Waals surface area contributed by atoms with Crippen molar-refractivity contribution in [3.05, 3.63) is 0 Å². The molecule has 0 bridgehead atoms. The normalized spacial score (nSPS) is 12.8. The van der Waals surface area contributed by atoms with Crippen LogP contribution in [0.5, 0.6) is 0 Å². The van der Waals surface area contributed by atoms with Gasteiger partial charge >= 0.3 is 0 Å². The van der Waals surface area contributed by atoms with Crippen LogP contribution in [-0.4, -0.2) is 19.5 Å². The van der Waals surface area contributed by atoms with Gasteiger partial charge in [0.15, 0.2) is 0 Å². The van der Waals surface area contributed by atoms with E-state index in [2.05, 4.69) is 5.32 Å². The van der Waals surface area contributed by atoms with Gasteiger partial charge < -0.3 is 11.1 Å². The standard InChI is InChI=1S/C6H14N2O/c1-5(3-4-7)6(9)8-2/h5H,3-4,7H2,1-2H3,(H,8,9). The van der Waals surface area contributed by atoms with Crippen LogP contribution in [0.15, 0.2) is 0 Å². The molecule has 0 aliphatic heterocycles. The molecule has 0 aromatic heterocycles. The molecule has 0 aromatic rings. The van der Waals surface area contributed by atoms with E-state index in [1.165, 1.54) is 0 Å². The topological polar surface area (TPSA) is 55.1 Å². The molecule has 0 heterocycles. The summed E-state index contributed by atoms with van der Waals surface area (Å²) in [6.45, 7) is 2.44. The number of nitrogens with two attached hydrogens (primary N) is 1. The minimum Gasteiger partial charge on any atom is -0.359 e. The summed E-state index contributed by atoms with van der Waals surface area (Å²) < 4.78 is 0. The number of carbonyl (C=O) groups is 1. The van der Waals surface area contributed by atoms with Gasteiger partial charge in [0, 0.05) is 13.0 Å². The van der Waals surface area contributed by atoms with Gasteiger partial charge in [0.1, 0.15) is 0 Å². The Morgan fingerprint density at radius 1 is 1.78 bits per heavy atom. The molecule has 3 N–H and O–H groups in total. The second kappa shape index (κ2) is 4.32. The highest BCUT2D eigenvalue weighted by molar-refractivity contribution is 5.77. The molecule has 0 saturated carbocycles. The summed E-state index contributed by atoms with van der Waals surface area (Å²) in [4.78, 5) is 10.7. The van der Waals surface area contributed by atoms with E-state index in [1.807, 2.05) is 6.92 Å². The molecular formula is C6H14N2O. The third kappa shape index (κ3) is 3.08. The van der Waals surface area contributed by atoms with Crippen molar-refractivity contribution < 1.29 is 4.79 Å². The number of hydrogen-bond donors (Lipinski definition) is 2. The number of rotatable bonds is 3. The van der Waals surface area contributed by atoms with Gasteiger partial charge in [0.25, 0.3) is 0 Å². The number of amides is 1. The summed E-state index contributed by atoms with van der Waals surface area (Å²) >= 11 is 0. The Balaban J connectivity index is 3.45. The fraction of sp³-hybridized carbons (Fsp3) is 0.833. The highest BCUT2D eigenvalue weighted by Gasteiger charge is 2.07. The molecule has 1 amide bonds. The first-order valence-corrected chi connectivity index (χ1v) is 3.14. The molecule has 3 nitrogen and oxygen atoms in total. The SMILES string of the molecule is CNC(=O)C(C)CCN. The van der Waals surface area contributed by atoms with Crippen molar-refractivity contribution in [2.24, 2.45) is 11.7 Å². The van der Waals surface area contributed by atoms with Crippen molar-refractivity contribution in [1.82, 2.24) is 5.32 Å². The Kier molecular flexibility index (Phi) is 4.05. The lowest BCUT2D eigenvalue weighted by Crippen LogP contribution is -2.26. The van der Waals surface area contributed by atoms with E-state index in [-0.39, 0.29) is 11.8 Å². The van der Waals surface area contributed by atoms with Crippen molar-refractivity contribution in [1.29, 1.82) is 0 Å². The largest absolute Gasteiger partial charge is 0.359 e. The first kappa shape index (κ1) is 8.43. The Labute approximate surface area is 55.6 Å². The maximum atomic E-state index is 10.7. The van der Waals surface area contributed by atoms with Crippen molar-refractivity contribution in [2.45, 2.75) is 13.3 Å². The quantitative estimate of drug-likeness (QED) is 0.552. The molecule has 0 spiro atoms. The van der Waals surface area contributed by atoms with Gasteiger partial charge in [-0.25, -0.2) is 0 Å². The third-order valence-corrected chi connectivity index (χ3v) is 1.29. The molecule has 3 heteroatoms. The van der Waals surface area contributed by atoms with E-state index in [9.17, 15) is 4.79 Å². The number of nitrogens with one attached hydrogen (secondary N) is 1. The Morgan fingerprint density at radius 3 is 2.67 bits per heavy atom. The van der Waals surface area contributed by atoms with Crippen LogP contribution in [0, 0.1) is 5.92 Å². The minimum atomic E-state index is 0.0556. The predicted octanol–water partition coefficient (Wildman–Crippen LogP) is -0.283. The second-order valence-electron chi connectivity index (χ2n) is 2.09. The van der Waals surface area contributed by atoms with Crippen LogP contribution in [-0.2, 0) is 4.79 Å². The highest BCUT2D eigenvalue weighted by atomic mass is 16.1. The van der Waals surface area contributed by atoms with E-state index >= 15 is 0 Å². The Morgan fingerprint density at radius 2 is 2.33 bits per heavy atom. The highest BCUT2D eigenvalue weighted by Crippen LogP contribution is 1.97. The molecule has 0 rings (SSSR count). The summed E-state index contributed by atoms with van der Waals surface area (Å²) in [6, 6.07) is 0. The average Bonchev–Trinajstić information content (AvgIpc) is 1.87. The van der Waals surface area contributed by atoms with E-state index in [0.717, 1.165) is 6.42 Å². The lowest BCUT2D eigenvalue weighted by Gasteiger charge is -2.06. The van der Waals surface area contributed by atoms with Gasteiger partial charge in [-0.3, -0.25) is 4.79 Å². The monoisotopic (exact) mass is 130 g/mol. The van der Waals surface area contributed by atoms with Crippen LogP contribution < -0.4 is 11.1 Å². The van der Waals surface area contributed by atoms with E-state index in [0.29, 0.717) is 6.54 Å². The molecule has 1 atom stereocenters. The van der Waals surface area contributed by atoms with Crippen molar-refractivity contribution in [3.8, 4) is 0 Å². The Hall–Kier alpha value is -0.570. The summed E-state index contributed by atoms with van der Waals surface area (Å²) in [5.74, 6) is 0.125. The van der Waals surface area contributed by atoms with Crippen LogP contribution in [0.1, 0.15) is 13.3 Å². The van der Waals surface area contributed by atoms with Gasteiger partial charge in [-0.1, -0.05) is 6.92 Å². The molecular weight excluding hydrogens is 116 g/mol. The minimum absolute atomic E-state index is 0.0556. The van der Waals surface area contributed by atoms with E-state index in [1.54, 1.807) is 7.05 Å². The molecule has 0 aliphatic rings. The predicted molar refractivity (Wildman–Crippen MR) is 36.9 cm³/mol. The van der Waals surface area contributed by atoms with Crippen LogP contribution in [0.4, 0.5) is 0 Å². The van der Waals surface area contributed by atoms with Gasteiger partial charge in [0.2, 0.25) is 5.91 Å². The molecule has 9 heavy (non-hydrogen) atoms. The first-order valence-electron chi connectivity index (χ1n) is 3.14. The van der Waals surface area contributed by atoms with E-state index < -0.39 is 0 Å². The van der Waals surface area contributed by atoms with Crippen molar-refractivity contribution >= 4 is 5.91 Å². The third-order valence-electron chi connectivity index (χ3n) is 1.29. The summed E-state index contributed by atoms with van der Waals surface area (Å²) in [7, 11) is 1.63. The van der Waals surface area contributed by atoms with Crippen LogP contribution >= 0.6 is 0 Å². The zero-order chi connectivity index (χ0) is 7.28. The fourth-order valence-corrected chi connectivity index (χ4v) is 0.627. The molecule has 0 fully saturated rings. The summed E-state index contributed by atoms with van der Waals surface area (Å²) in [6.07, 6.45) is 0.764. The fourth-order valence-electron chi connectivity index (χ4n) is 0.627. The van der Waals surface area contributed by atoms with Gasteiger partial charge in [0.05, 0.1) is 0 Å². The number of hydrogen-bond acceptors (Lipinski definition) is 2. The van der Waals surface area contributed by atoms with Gasteiger partial charge in [-0.2, -0.15) is 0 Å². The molecule has 0 aromatic carbocycles. The lowest BCUT2D eigenvalue weighted by atomic mass is 10.1. The summed E-state index contributed by atoms with van der Waals surface area (Å²) in [5.41, 5.74) is 5.24. The average molecular weight is 130 g/mol. The molecule has 0 radical (unpaired) electrons. The van der Waals surface area contributed by atoms with Gasteiger partial charge in [-0.05, 0) is 13.0 Å². The molecule has 54 valence electrons. The van der Waals surface area contributed by atoms with Gasteiger partial charge in [-0.15, -0.1) is 0 Å². The lowest BCUT2D eigenvalue weighted by molar-refractivity contribution is -0.124. The zero-order valence-corrected chi connectivity index (χ0v) is 5.98. The molecule has 1 unspecified atom stereocenters. The Bertz CT molecular complexity index is 93.1.